The second-order valence-corrected chi connectivity index (χ2v) is 6.07. The molecule has 0 amide bonds. The monoisotopic (exact) mass is 211 g/mol. The second-order valence-electron chi connectivity index (χ2n) is 6.07. The highest BCUT2D eigenvalue weighted by molar-refractivity contribution is 4.98. The van der Waals surface area contributed by atoms with Crippen LogP contribution in [0.4, 0.5) is 0 Å². The van der Waals surface area contributed by atoms with Gasteiger partial charge in [0.2, 0.25) is 0 Å². The molecule has 0 aromatic carbocycles. The van der Waals surface area contributed by atoms with Gasteiger partial charge in [0.05, 0.1) is 5.60 Å². The molecule has 2 nitrogen and oxygen atoms in total. The summed E-state index contributed by atoms with van der Waals surface area (Å²) in [6, 6.07) is 0.240. The fourth-order valence-corrected chi connectivity index (χ4v) is 3.50. The Morgan fingerprint density at radius 2 is 1.87 bits per heavy atom. The van der Waals surface area contributed by atoms with Crippen molar-refractivity contribution in [3.63, 3.8) is 0 Å². The van der Waals surface area contributed by atoms with Gasteiger partial charge in [0.15, 0.2) is 0 Å². The van der Waals surface area contributed by atoms with Crippen molar-refractivity contribution < 1.29 is 5.11 Å². The molecule has 2 saturated carbocycles. The molecule has 3 N–H and O–H groups in total. The van der Waals surface area contributed by atoms with Crippen molar-refractivity contribution in [3.05, 3.63) is 0 Å². The van der Waals surface area contributed by atoms with E-state index in [0.29, 0.717) is 5.92 Å². The summed E-state index contributed by atoms with van der Waals surface area (Å²) in [5, 5.41) is 10.6. The molecule has 5 unspecified atom stereocenters. The smallest absolute Gasteiger partial charge is 0.0691 e. The van der Waals surface area contributed by atoms with Crippen LogP contribution in [0.2, 0.25) is 0 Å². The highest BCUT2D eigenvalue weighted by Crippen LogP contribution is 2.45. The van der Waals surface area contributed by atoms with Crippen molar-refractivity contribution in [2.75, 3.05) is 0 Å². The van der Waals surface area contributed by atoms with Gasteiger partial charge in [-0.25, -0.2) is 0 Å². The summed E-state index contributed by atoms with van der Waals surface area (Å²) in [6.07, 6.45) is 6.46. The number of aliphatic hydroxyl groups is 1. The number of hydrogen-bond acceptors (Lipinski definition) is 2. The predicted octanol–water partition coefficient (Wildman–Crippen LogP) is 2.30. The van der Waals surface area contributed by atoms with Crippen LogP contribution in [0.3, 0.4) is 0 Å². The Morgan fingerprint density at radius 3 is 2.40 bits per heavy atom. The van der Waals surface area contributed by atoms with E-state index in [2.05, 4.69) is 13.8 Å². The van der Waals surface area contributed by atoms with Gasteiger partial charge in [0.1, 0.15) is 0 Å². The van der Waals surface area contributed by atoms with E-state index in [1.54, 1.807) is 0 Å². The maximum Gasteiger partial charge on any atom is 0.0691 e. The first-order valence-corrected chi connectivity index (χ1v) is 6.49. The summed E-state index contributed by atoms with van der Waals surface area (Å²) < 4.78 is 0. The Kier molecular flexibility index (Phi) is 3.09. The molecule has 0 aliphatic heterocycles. The third kappa shape index (κ3) is 2.21. The van der Waals surface area contributed by atoms with Crippen LogP contribution in [0.1, 0.15) is 52.4 Å². The summed E-state index contributed by atoms with van der Waals surface area (Å²) in [5.74, 6) is 2.11. The highest BCUT2D eigenvalue weighted by atomic mass is 16.3. The lowest BCUT2D eigenvalue weighted by molar-refractivity contribution is -0.0422. The third-order valence-electron chi connectivity index (χ3n) is 4.92. The van der Waals surface area contributed by atoms with Gasteiger partial charge >= 0.3 is 0 Å². The molecule has 2 fully saturated rings. The molecule has 88 valence electrons. The van der Waals surface area contributed by atoms with Crippen molar-refractivity contribution in [1.82, 2.24) is 0 Å². The van der Waals surface area contributed by atoms with E-state index < -0.39 is 5.60 Å². The Balaban J connectivity index is 1.99. The lowest BCUT2D eigenvalue weighted by atomic mass is 9.69. The largest absolute Gasteiger partial charge is 0.390 e. The zero-order valence-corrected chi connectivity index (χ0v) is 10.1. The molecular formula is C13H25NO. The van der Waals surface area contributed by atoms with Gasteiger partial charge < -0.3 is 10.8 Å². The van der Waals surface area contributed by atoms with Gasteiger partial charge in [-0.15, -0.1) is 0 Å². The predicted molar refractivity (Wildman–Crippen MR) is 62.4 cm³/mol. The highest BCUT2D eigenvalue weighted by Gasteiger charge is 2.44. The Morgan fingerprint density at radius 1 is 1.13 bits per heavy atom. The van der Waals surface area contributed by atoms with Crippen LogP contribution < -0.4 is 5.73 Å². The molecule has 0 saturated heterocycles. The van der Waals surface area contributed by atoms with Crippen molar-refractivity contribution >= 4 is 0 Å². The molecule has 0 radical (unpaired) electrons. The van der Waals surface area contributed by atoms with Crippen LogP contribution in [-0.2, 0) is 0 Å². The van der Waals surface area contributed by atoms with Crippen LogP contribution >= 0.6 is 0 Å². The first-order chi connectivity index (χ1) is 7.01. The Hall–Kier alpha value is -0.0800. The summed E-state index contributed by atoms with van der Waals surface area (Å²) in [5.41, 5.74) is 5.50. The van der Waals surface area contributed by atoms with E-state index >= 15 is 0 Å². The minimum atomic E-state index is -0.423. The van der Waals surface area contributed by atoms with Gasteiger partial charge in [-0.1, -0.05) is 20.3 Å². The van der Waals surface area contributed by atoms with Crippen LogP contribution in [0, 0.1) is 17.8 Å². The summed E-state index contributed by atoms with van der Waals surface area (Å²) in [7, 11) is 0. The zero-order valence-electron chi connectivity index (χ0n) is 10.1. The molecule has 5 atom stereocenters. The van der Waals surface area contributed by atoms with E-state index in [-0.39, 0.29) is 6.04 Å². The second kappa shape index (κ2) is 4.06. The average Bonchev–Trinajstić information content (AvgIpc) is 2.52. The SMILES string of the molecule is CC1CCC(C2(O)CCC(N)C2)CC1C. The molecule has 0 aromatic rings. The molecular weight excluding hydrogens is 186 g/mol. The Labute approximate surface area is 93.2 Å². The molecule has 2 aliphatic carbocycles. The molecule has 0 bridgehead atoms. The topological polar surface area (TPSA) is 46.2 Å². The van der Waals surface area contributed by atoms with Crippen molar-refractivity contribution in [1.29, 1.82) is 0 Å². The molecule has 15 heavy (non-hydrogen) atoms. The Bertz CT molecular complexity index is 231. The molecule has 0 spiro atoms. The normalized spacial score (nSPS) is 52.0. The van der Waals surface area contributed by atoms with Crippen LogP contribution in [0.15, 0.2) is 0 Å². The van der Waals surface area contributed by atoms with Crippen molar-refractivity contribution in [2.45, 2.75) is 64.0 Å². The summed E-state index contributed by atoms with van der Waals surface area (Å²) in [4.78, 5) is 0. The number of hydrogen-bond donors (Lipinski definition) is 2. The first kappa shape index (κ1) is 11.4. The molecule has 2 heteroatoms. The van der Waals surface area contributed by atoms with Crippen LogP contribution in [0.25, 0.3) is 0 Å². The summed E-state index contributed by atoms with van der Waals surface area (Å²) in [6.45, 7) is 4.67. The fraction of sp³-hybridized carbons (Fsp3) is 1.00. The van der Waals surface area contributed by atoms with E-state index in [1.807, 2.05) is 0 Å². The standard InChI is InChI=1S/C13H25NO/c1-9-3-4-11(7-10(9)2)13(15)6-5-12(14)8-13/h9-12,15H,3-8,14H2,1-2H3. The minimum Gasteiger partial charge on any atom is -0.390 e. The quantitative estimate of drug-likeness (QED) is 0.699. The third-order valence-corrected chi connectivity index (χ3v) is 4.92. The maximum absolute atomic E-state index is 10.6. The lowest BCUT2D eigenvalue weighted by Crippen LogP contribution is -2.40. The van der Waals surface area contributed by atoms with Crippen LogP contribution in [0.5, 0.6) is 0 Å². The molecule has 0 aromatic heterocycles. The van der Waals surface area contributed by atoms with Gasteiger partial charge in [0, 0.05) is 6.04 Å². The van der Waals surface area contributed by atoms with Gasteiger partial charge in [-0.05, 0) is 49.9 Å². The van der Waals surface area contributed by atoms with Crippen LogP contribution in [-0.4, -0.2) is 16.7 Å². The van der Waals surface area contributed by atoms with Gasteiger partial charge in [-0.2, -0.15) is 0 Å². The number of nitrogens with two attached hydrogens (primary N) is 1. The van der Waals surface area contributed by atoms with E-state index in [4.69, 9.17) is 5.73 Å². The van der Waals surface area contributed by atoms with Gasteiger partial charge in [-0.3, -0.25) is 0 Å². The molecule has 2 rings (SSSR count). The van der Waals surface area contributed by atoms with E-state index in [9.17, 15) is 5.11 Å². The molecule has 0 heterocycles. The van der Waals surface area contributed by atoms with Crippen molar-refractivity contribution in [3.8, 4) is 0 Å². The number of rotatable bonds is 1. The molecule has 2 aliphatic rings. The van der Waals surface area contributed by atoms with E-state index in [1.165, 1.54) is 19.3 Å². The minimum absolute atomic E-state index is 0.240. The van der Waals surface area contributed by atoms with Gasteiger partial charge in [0.25, 0.3) is 0 Å². The average molecular weight is 211 g/mol. The zero-order chi connectivity index (χ0) is 11.1. The fourth-order valence-electron chi connectivity index (χ4n) is 3.50. The summed E-state index contributed by atoms with van der Waals surface area (Å²) >= 11 is 0. The lowest BCUT2D eigenvalue weighted by Gasteiger charge is -2.40. The first-order valence-electron chi connectivity index (χ1n) is 6.49. The van der Waals surface area contributed by atoms with E-state index in [0.717, 1.165) is 31.1 Å². The van der Waals surface area contributed by atoms with Crippen molar-refractivity contribution in [2.24, 2.45) is 23.5 Å². The maximum atomic E-state index is 10.6.